The first-order chi connectivity index (χ1) is 2.27. The van der Waals surface area contributed by atoms with E-state index < -0.39 is 6.61 Å². The summed E-state index contributed by atoms with van der Waals surface area (Å²) >= 11 is 1.13. The van der Waals surface area contributed by atoms with Crippen LogP contribution in [0.25, 0.3) is 0 Å². The van der Waals surface area contributed by atoms with Crippen molar-refractivity contribution < 1.29 is 11.8 Å². The molecule has 0 spiro atoms. The standard InChI is InChI=1S/CHF2IO/c2-1(3)5-4/h1H. The topological polar surface area (TPSA) is 9.23 Å². The Bertz CT molecular complexity index is 23.6. The van der Waals surface area contributed by atoms with E-state index in [9.17, 15) is 8.78 Å². The Morgan fingerprint density at radius 1 is 1.60 bits per heavy atom. The van der Waals surface area contributed by atoms with Crippen molar-refractivity contribution in [2.75, 3.05) is 0 Å². The molecule has 0 aliphatic heterocycles. The van der Waals surface area contributed by atoms with Crippen LogP contribution in [-0.2, 0) is 3.07 Å². The van der Waals surface area contributed by atoms with E-state index >= 15 is 0 Å². The molecule has 0 heterocycles. The van der Waals surface area contributed by atoms with Gasteiger partial charge in [-0.25, -0.2) is 0 Å². The fourth-order valence-electron chi connectivity index (χ4n) is 0. The molecule has 0 atom stereocenters. The lowest BCUT2D eigenvalue weighted by molar-refractivity contribution is -0.0156. The maximum atomic E-state index is 10.5. The Kier molecular flexibility index (Phi) is 3.07. The first-order valence-electron chi connectivity index (χ1n) is 0.826. The van der Waals surface area contributed by atoms with Crippen molar-refractivity contribution in [2.45, 2.75) is 6.61 Å². The van der Waals surface area contributed by atoms with E-state index in [1.54, 1.807) is 0 Å². The van der Waals surface area contributed by atoms with Crippen LogP contribution in [0.1, 0.15) is 0 Å². The molecule has 5 heavy (non-hydrogen) atoms. The number of hydrogen-bond donors (Lipinski definition) is 0. The second-order valence-electron chi connectivity index (χ2n) is 0.350. The summed E-state index contributed by atoms with van der Waals surface area (Å²) < 4.78 is 24.5. The van der Waals surface area contributed by atoms with Crippen LogP contribution in [0.4, 0.5) is 8.78 Å². The van der Waals surface area contributed by atoms with Crippen LogP contribution in [-0.4, -0.2) is 6.61 Å². The minimum Gasteiger partial charge on any atom is -0.252 e. The fourth-order valence-corrected chi connectivity index (χ4v) is 0. The lowest BCUT2D eigenvalue weighted by atomic mass is 11.5. The van der Waals surface area contributed by atoms with E-state index in [1.807, 2.05) is 0 Å². The summed E-state index contributed by atoms with van der Waals surface area (Å²) in [6.45, 7) is -2.63. The number of halogens is 3. The van der Waals surface area contributed by atoms with Crippen LogP contribution < -0.4 is 0 Å². The Labute approximate surface area is 42.0 Å². The summed E-state index contributed by atoms with van der Waals surface area (Å²) in [4.78, 5) is 0. The van der Waals surface area contributed by atoms with Crippen LogP contribution in [0.15, 0.2) is 0 Å². The zero-order chi connectivity index (χ0) is 4.28. The summed E-state index contributed by atoms with van der Waals surface area (Å²) in [6, 6.07) is 0. The summed E-state index contributed by atoms with van der Waals surface area (Å²) in [5, 5.41) is 0. The van der Waals surface area contributed by atoms with Crippen LogP contribution in [0.3, 0.4) is 0 Å². The second-order valence-corrected chi connectivity index (χ2v) is 0.858. The van der Waals surface area contributed by atoms with Gasteiger partial charge in [0, 0.05) is 0 Å². The van der Waals surface area contributed by atoms with Crippen molar-refractivity contribution in [3.05, 3.63) is 0 Å². The molecule has 0 unspecified atom stereocenters. The third-order valence-corrected chi connectivity index (χ3v) is 0.452. The van der Waals surface area contributed by atoms with Gasteiger partial charge >= 0.3 is 6.61 Å². The van der Waals surface area contributed by atoms with Gasteiger partial charge in [0.05, 0.1) is 0 Å². The minimum atomic E-state index is -2.63. The normalized spacial score (nSPS) is 9.60. The molecule has 0 aliphatic carbocycles. The number of rotatable bonds is 1. The molecular formula is CHF2IO. The van der Waals surface area contributed by atoms with Crippen LogP contribution in [0, 0.1) is 0 Å². The van der Waals surface area contributed by atoms with Crippen molar-refractivity contribution in [3.63, 3.8) is 0 Å². The summed E-state index contributed by atoms with van der Waals surface area (Å²) in [5.41, 5.74) is 0. The SMILES string of the molecule is FC(F)OI. The van der Waals surface area contributed by atoms with Crippen molar-refractivity contribution in [1.29, 1.82) is 0 Å². The van der Waals surface area contributed by atoms with E-state index in [0.29, 0.717) is 0 Å². The molecule has 1 nitrogen and oxygen atoms in total. The molecule has 0 bridgehead atoms. The van der Waals surface area contributed by atoms with Gasteiger partial charge in [0.15, 0.2) is 0 Å². The highest BCUT2D eigenvalue weighted by Crippen LogP contribution is 1.98. The smallest absolute Gasteiger partial charge is 0.252 e. The van der Waals surface area contributed by atoms with E-state index in [4.69, 9.17) is 0 Å². The van der Waals surface area contributed by atoms with Crippen LogP contribution in [0.2, 0.25) is 0 Å². The molecule has 0 aromatic rings. The van der Waals surface area contributed by atoms with Crippen molar-refractivity contribution >= 4 is 23.0 Å². The predicted octanol–water partition coefficient (Wildman–Crippen LogP) is 1.58. The molecule has 32 valence electrons. The van der Waals surface area contributed by atoms with E-state index in [-0.39, 0.29) is 0 Å². The minimum absolute atomic E-state index is 1.13. The van der Waals surface area contributed by atoms with E-state index in [2.05, 4.69) is 3.07 Å². The highest BCUT2D eigenvalue weighted by atomic mass is 127. The van der Waals surface area contributed by atoms with Gasteiger partial charge < -0.3 is 0 Å². The van der Waals surface area contributed by atoms with Gasteiger partial charge in [0.25, 0.3) is 0 Å². The van der Waals surface area contributed by atoms with Gasteiger partial charge in [-0.3, -0.25) is 3.07 Å². The summed E-state index contributed by atoms with van der Waals surface area (Å²) in [6.07, 6.45) is 0. The zero-order valence-electron chi connectivity index (χ0n) is 2.12. The monoisotopic (exact) mass is 194 g/mol. The van der Waals surface area contributed by atoms with Gasteiger partial charge in [0.2, 0.25) is 0 Å². The fraction of sp³-hybridized carbons (Fsp3) is 1.00. The third-order valence-electron chi connectivity index (χ3n) is 0.0673. The highest BCUT2D eigenvalue weighted by Gasteiger charge is 1.92. The van der Waals surface area contributed by atoms with Crippen molar-refractivity contribution in [1.82, 2.24) is 0 Å². The molecule has 4 heteroatoms. The van der Waals surface area contributed by atoms with E-state index in [1.165, 1.54) is 0 Å². The van der Waals surface area contributed by atoms with Gasteiger partial charge in [0.1, 0.15) is 23.0 Å². The Morgan fingerprint density at radius 3 is 1.80 bits per heavy atom. The first kappa shape index (κ1) is 5.55. The van der Waals surface area contributed by atoms with Gasteiger partial charge in [-0.1, -0.05) is 0 Å². The molecule has 0 fully saturated rings. The quantitative estimate of drug-likeness (QED) is 0.575. The zero-order valence-corrected chi connectivity index (χ0v) is 4.28. The largest absolute Gasteiger partial charge is 0.354 e. The van der Waals surface area contributed by atoms with Crippen molar-refractivity contribution in [3.8, 4) is 0 Å². The average Bonchev–Trinajstić information content (AvgIpc) is 1.38. The second kappa shape index (κ2) is 2.77. The molecule has 0 radical (unpaired) electrons. The molecule has 0 amide bonds. The number of hydrogen-bond acceptors (Lipinski definition) is 1. The molecule has 0 rings (SSSR count). The molecule has 0 aromatic heterocycles. The molecular weight excluding hydrogens is 193 g/mol. The van der Waals surface area contributed by atoms with Crippen molar-refractivity contribution in [2.24, 2.45) is 0 Å². The first-order valence-corrected chi connectivity index (χ1v) is 1.71. The number of alkyl halides is 2. The van der Waals surface area contributed by atoms with Gasteiger partial charge in [-0.2, -0.15) is 8.78 Å². The lowest BCUT2D eigenvalue weighted by Crippen LogP contribution is -1.82. The highest BCUT2D eigenvalue weighted by molar-refractivity contribution is 14.1. The summed E-state index contributed by atoms with van der Waals surface area (Å²) in [7, 11) is 0. The van der Waals surface area contributed by atoms with E-state index in [0.717, 1.165) is 23.0 Å². The van der Waals surface area contributed by atoms with Gasteiger partial charge in [-0.15, -0.1) is 0 Å². The molecule has 0 aromatic carbocycles. The molecule has 0 aliphatic rings. The van der Waals surface area contributed by atoms with Crippen LogP contribution >= 0.6 is 23.0 Å². The average molecular weight is 194 g/mol. The Balaban J connectivity index is 2.54. The Morgan fingerprint density at radius 2 is 1.80 bits per heavy atom. The van der Waals surface area contributed by atoms with Crippen LogP contribution in [0.5, 0.6) is 0 Å². The maximum Gasteiger partial charge on any atom is 0.354 e. The summed E-state index contributed by atoms with van der Waals surface area (Å²) in [5.74, 6) is 0. The maximum absolute atomic E-state index is 10.5. The predicted molar refractivity (Wildman–Crippen MR) is 21.1 cm³/mol. The van der Waals surface area contributed by atoms with Gasteiger partial charge in [-0.05, 0) is 0 Å². The molecule has 0 saturated heterocycles. The molecule has 0 N–H and O–H groups in total. The molecule has 0 saturated carbocycles. The lowest BCUT2D eigenvalue weighted by Gasteiger charge is -1.82. The third kappa shape index (κ3) is 4.55. The Hall–Kier alpha value is 0.550.